The van der Waals surface area contributed by atoms with E-state index in [-0.39, 0.29) is 18.1 Å². The van der Waals surface area contributed by atoms with Crippen LogP contribution in [0.15, 0.2) is 12.3 Å². The number of hydrogen-bond donors (Lipinski definition) is 0. The van der Waals surface area contributed by atoms with E-state index in [1.807, 2.05) is 0 Å². The summed E-state index contributed by atoms with van der Waals surface area (Å²) in [6.45, 7) is 1.48. The molecule has 1 aromatic heterocycles. The molecule has 1 atom stereocenters. The molecule has 0 bridgehead atoms. The van der Waals surface area contributed by atoms with Gasteiger partial charge in [0.25, 0.3) is 0 Å². The molecule has 1 unspecified atom stereocenters. The molecule has 1 saturated heterocycles. The molecule has 18 heavy (non-hydrogen) atoms. The number of aromatic nitrogens is 1. The number of aryl methyl sites for hydroxylation is 1. The molecule has 8 heteroatoms. The van der Waals surface area contributed by atoms with Gasteiger partial charge in [0.1, 0.15) is 5.25 Å². The summed E-state index contributed by atoms with van der Waals surface area (Å²) in [6.07, 6.45) is 1.11. The van der Waals surface area contributed by atoms with Crippen molar-refractivity contribution < 1.29 is 17.1 Å². The third-order valence-corrected chi connectivity index (χ3v) is 4.23. The Kier molecular flexibility index (Phi) is 3.29. The van der Waals surface area contributed by atoms with Crippen LogP contribution in [-0.4, -0.2) is 31.1 Å². The van der Waals surface area contributed by atoms with E-state index in [1.54, 1.807) is 13.0 Å². The van der Waals surface area contributed by atoms with Crippen LogP contribution in [0.2, 0.25) is 5.15 Å². The van der Waals surface area contributed by atoms with Gasteiger partial charge in [-0.25, -0.2) is 4.98 Å². The summed E-state index contributed by atoms with van der Waals surface area (Å²) in [4.78, 5) is 16.8. The van der Waals surface area contributed by atoms with Gasteiger partial charge in [0.05, 0.1) is 5.69 Å². The summed E-state index contributed by atoms with van der Waals surface area (Å²) in [7, 11) is -4.73. The van der Waals surface area contributed by atoms with Gasteiger partial charge in [-0.2, -0.15) is 8.42 Å². The molecule has 1 amide bonds. The Morgan fingerprint density at radius 3 is 2.72 bits per heavy atom. The molecule has 0 spiro atoms. The second kappa shape index (κ2) is 4.47. The second-order valence-electron chi connectivity index (χ2n) is 4.07. The molecule has 98 valence electrons. The fourth-order valence-corrected chi connectivity index (χ4v) is 2.90. The zero-order chi connectivity index (χ0) is 13.5. The fourth-order valence-electron chi connectivity index (χ4n) is 1.92. The van der Waals surface area contributed by atoms with Crippen molar-refractivity contribution in [3.05, 3.63) is 23.0 Å². The first-order chi connectivity index (χ1) is 8.30. The quantitative estimate of drug-likeness (QED) is 0.611. The standard InChI is InChI=1S/C10H10ClFN2O3S/c1-6-2-3-13-10(11)9(6)14-5-7(4-8(14)15)18(12,16)17/h2-3,7H,4-5H2,1H3. The Hall–Kier alpha value is -1.21. The molecule has 1 fully saturated rings. The van der Waals surface area contributed by atoms with Gasteiger partial charge in [-0.05, 0) is 18.6 Å². The number of amides is 1. The van der Waals surface area contributed by atoms with Gasteiger partial charge in [0, 0.05) is 19.2 Å². The summed E-state index contributed by atoms with van der Waals surface area (Å²) in [5.74, 6) is -0.473. The summed E-state index contributed by atoms with van der Waals surface area (Å²) in [5.41, 5.74) is 1.02. The lowest BCUT2D eigenvalue weighted by atomic mass is 10.2. The SMILES string of the molecule is Cc1ccnc(Cl)c1N1CC(S(=O)(=O)F)CC1=O. The van der Waals surface area contributed by atoms with Crippen molar-refractivity contribution in [1.82, 2.24) is 4.98 Å². The topological polar surface area (TPSA) is 67.3 Å². The van der Waals surface area contributed by atoms with Gasteiger partial charge in [0.2, 0.25) is 5.91 Å². The maximum absolute atomic E-state index is 12.9. The average Bonchev–Trinajstić information content (AvgIpc) is 2.60. The van der Waals surface area contributed by atoms with Crippen LogP contribution in [0.25, 0.3) is 0 Å². The predicted molar refractivity (Wildman–Crippen MR) is 64.8 cm³/mol. The molecular formula is C10H10ClFN2O3S. The molecule has 0 aromatic carbocycles. The smallest absolute Gasteiger partial charge is 0.307 e. The normalized spacial score (nSPS) is 20.5. The number of carbonyl (C=O) groups is 1. The summed E-state index contributed by atoms with van der Waals surface area (Å²) < 4.78 is 34.6. The lowest BCUT2D eigenvalue weighted by Gasteiger charge is -2.19. The molecule has 2 heterocycles. The number of rotatable bonds is 2. The first-order valence-corrected chi connectivity index (χ1v) is 6.98. The fraction of sp³-hybridized carbons (Fsp3) is 0.400. The van der Waals surface area contributed by atoms with Crippen molar-refractivity contribution in [2.45, 2.75) is 18.6 Å². The zero-order valence-electron chi connectivity index (χ0n) is 9.43. The van der Waals surface area contributed by atoms with E-state index in [1.165, 1.54) is 11.1 Å². The molecule has 0 N–H and O–H groups in total. The van der Waals surface area contributed by atoms with Crippen molar-refractivity contribution in [1.29, 1.82) is 0 Å². The Bertz CT molecular complexity index is 585. The van der Waals surface area contributed by atoms with Crippen molar-refractivity contribution in [2.24, 2.45) is 0 Å². The third-order valence-electron chi connectivity index (χ3n) is 2.84. The minimum Gasteiger partial charge on any atom is -0.308 e. The number of anilines is 1. The van der Waals surface area contributed by atoms with Gasteiger partial charge in [-0.15, -0.1) is 3.89 Å². The minimum atomic E-state index is -4.73. The Balaban J connectivity index is 2.39. The molecule has 5 nitrogen and oxygen atoms in total. The predicted octanol–water partition coefficient (Wildman–Crippen LogP) is 1.45. The lowest BCUT2D eigenvalue weighted by molar-refractivity contribution is -0.117. The summed E-state index contributed by atoms with van der Waals surface area (Å²) in [5, 5.41) is -1.24. The van der Waals surface area contributed by atoms with E-state index in [0.29, 0.717) is 11.3 Å². The van der Waals surface area contributed by atoms with Crippen molar-refractivity contribution in [3.63, 3.8) is 0 Å². The molecule has 1 aliphatic rings. The number of hydrogen-bond acceptors (Lipinski definition) is 4. The first kappa shape index (κ1) is 13.2. The van der Waals surface area contributed by atoms with Crippen LogP contribution in [0.5, 0.6) is 0 Å². The van der Waals surface area contributed by atoms with E-state index in [4.69, 9.17) is 11.6 Å². The molecule has 1 aromatic rings. The van der Waals surface area contributed by atoms with Crippen molar-refractivity contribution in [2.75, 3.05) is 11.4 Å². The Morgan fingerprint density at radius 1 is 1.56 bits per heavy atom. The van der Waals surface area contributed by atoms with Crippen molar-refractivity contribution >= 4 is 33.4 Å². The van der Waals surface area contributed by atoms with E-state index in [9.17, 15) is 17.1 Å². The maximum atomic E-state index is 12.9. The monoisotopic (exact) mass is 292 g/mol. The van der Waals surface area contributed by atoms with Crippen molar-refractivity contribution in [3.8, 4) is 0 Å². The van der Waals surface area contributed by atoms with Gasteiger partial charge in [-0.3, -0.25) is 4.79 Å². The number of halogens is 2. The number of carbonyl (C=O) groups excluding carboxylic acids is 1. The van der Waals surface area contributed by atoms with E-state index >= 15 is 0 Å². The van der Waals surface area contributed by atoms with E-state index in [0.717, 1.165) is 0 Å². The maximum Gasteiger partial charge on any atom is 0.307 e. The Morgan fingerprint density at radius 2 is 2.22 bits per heavy atom. The van der Waals surface area contributed by atoms with Crippen LogP contribution in [0.3, 0.4) is 0 Å². The van der Waals surface area contributed by atoms with Crippen LogP contribution in [0, 0.1) is 6.92 Å². The summed E-state index contributed by atoms with van der Waals surface area (Å²) >= 11 is 5.89. The zero-order valence-corrected chi connectivity index (χ0v) is 11.0. The molecule has 0 radical (unpaired) electrons. The number of pyridine rings is 1. The highest BCUT2D eigenvalue weighted by molar-refractivity contribution is 7.87. The highest BCUT2D eigenvalue weighted by atomic mass is 35.5. The highest BCUT2D eigenvalue weighted by Gasteiger charge is 2.40. The molecule has 0 saturated carbocycles. The Labute approximate surface area is 109 Å². The van der Waals surface area contributed by atoms with Gasteiger partial charge < -0.3 is 4.90 Å². The average molecular weight is 293 g/mol. The molecule has 2 rings (SSSR count). The summed E-state index contributed by atoms with van der Waals surface area (Å²) in [6, 6.07) is 1.64. The van der Waals surface area contributed by atoms with Crippen LogP contribution in [-0.2, 0) is 15.0 Å². The third kappa shape index (κ3) is 2.32. The number of nitrogens with zero attached hydrogens (tertiary/aromatic N) is 2. The van der Waals surface area contributed by atoms with Crippen LogP contribution >= 0.6 is 11.6 Å². The lowest BCUT2D eigenvalue weighted by Crippen LogP contribution is -2.28. The van der Waals surface area contributed by atoms with Gasteiger partial charge >= 0.3 is 10.2 Å². The van der Waals surface area contributed by atoms with Crippen LogP contribution < -0.4 is 4.90 Å². The van der Waals surface area contributed by atoms with E-state index in [2.05, 4.69) is 4.98 Å². The highest BCUT2D eigenvalue weighted by Crippen LogP contribution is 2.32. The largest absolute Gasteiger partial charge is 0.308 e. The van der Waals surface area contributed by atoms with Gasteiger partial charge in [0.15, 0.2) is 5.15 Å². The van der Waals surface area contributed by atoms with E-state index < -0.39 is 21.4 Å². The van der Waals surface area contributed by atoms with Crippen LogP contribution in [0.4, 0.5) is 9.57 Å². The van der Waals surface area contributed by atoms with Crippen LogP contribution in [0.1, 0.15) is 12.0 Å². The van der Waals surface area contributed by atoms with Gasteiger partial charge in [-0.1, -0.05) is 11.6 Å². The molecule has 1 aliphatic heterocycles. The second-order valence-corrected chi connectivity index (χ2v) is 6.05. The molecule has 0 aliphatic carbocycles. The first-order valence-electron chi connectivity index (χ1n) is 5.15. The minimum absolute atomic E-state index is 0.0975. The molecular weight excluding hydrogens is 283 g/mol.